The summed E-state index contributed by atoms with van der Waals surface area (Å²) >= 11 is 4.92. The second kappa shape index (κ2) is 8.75. The van der Waals surface area contributed by atoms with Crippen LogP contribution in [0.25, 0.3) is 0 Å². The fourth-order valence-electron chi connectivity index (χ4n) is 2.03. The number of thioether (sulfide) groups is 1. The summed E-state index contributed by atoms with van der Waals surface area (Å²) in [6, 6.07) is 12.2. The third-order valence-corrected chi connectivity index (χ3v) is 4.66. The van der Waals surface area contributed by atoms with Crippen molar-refractivity contribution in [3.05, 3.63) is 58.1 Å². The second-order valence-electron chi connectivity index (χ2n) is 4.94. The largest absolute Gasteiger partial charge is 0.496 e. The SMILES string of the molecule is COc1ccc(Br)cc1CSCC(=O)Nc1ccc(C(N)=O)cc1. The molecular weight excluding hydrogens is 392 g/mol. The van der Waals surface area contributed by atoms with E-state index in [1.807, 2.05) is 18.2 Å². The van der Waals surface area contributed by atoms with Gasteiger partial charge in [0.05, 0.1) is 12.9 Å². The van der Waals surface area contributed by atoms with E-state index in [1.165, 1.54) is 11.8 Å². The Labute approximate surface area is 153 Å². The standard InChI is InChI=1S/C17H17BrN2O3S/c1-23-15-7-4-13(18)8-12(15)9-24-10-16(21)20-14-5-2-11(3-6-14)17(19)22/h2-8H,9-10H2,1H3,(H2,19,22)(H,20,21). The van der Waals surface area contributed by atoms with Gasteiger partial charge < -0.3 is 15.8 Å². The van der Waals surface area contributed by atoms with Gasteiger partial charge in [-0.05, 0) is 42.5 Å². The number of carbonyl (C=O) groups excluding carboxylic acids is 2. The maximum absolute atomic E-state index is 12.0. The third-order valence-electron chi connectivity index (χ3n) is 3.19. The van der Waals surface area contributed by atoms with Gasteiger partial charge in [0.25, 0.3) is 0 Å². The summed E-state index contributed by atoms with van der Waals surface area (Å²) in [6.45, 7) is 0. The maximum atomic E-state index is 12.0. The first-order valence-corrected chi connectivity index (χ1v) is 9.04. The predicted molar refractivity (Wildman–Crippen MR) is 100 cm³/mol. The van der Waals surface area contributed by atoms with Crippen molar-refractivity contribution in [3.63, 3.8) is 0 Å². The lowest BCUT2D eigenvalue weighted by Crippen LogP contribution is -2.15. The van der Waals surface area contributed by atoms with E-state index in [-0.39, 0.29) is 5.91 Å². The van der Waals surface area contributed by atoms with Crippen LogP contribution in [-0.2, 0) is 10.5 Å². The van der Waals surface area contributed by atoms with Crippen LogP contribution in [0.3, 0.4) is 0 Å². The summed E-state index contributed by atoms with van der Waals surface area (Å²) in [6.07, 6.45) is 0. The van der Waals surface area contributed by atoms with Crippen LogP contribution in [0.4, 0.5) is 5.69 Å². The van der Waals surface area contributed by atoms with Crippen molar-refractivity contribution in [2.75, 3.05) is 18.2 Å². The first kappa shape index (κ1) is 18.4. The number of carbonyl (C=O) groups is 2. The van der Waals surface area contributed by atoms with E-state index in [4.69, 9.17) is 10.5 Å². The first-order chi connectivity index (χ1) is 11.5. The number of halogens is 1. The van der Waals surface area contributed by atoms with Gasteiger partial charge in [0, 0.05) is 27.0 Å². The highest BCUT2D eigenvalue weighted by Gasteiger charge is 2.07. The zero-order valence-corrected chi connectivity index (χ0v) is 15.4. The van der Waals surface area contributed by atoms with Crippen LogP contribution in [0.2, 0.25) is 0 Å². The Morgan fingerprint density at radius 2 is 1.92 bits per heavy atom. The number of hydrogen-bond acceptors (Lipinski definition) is 4. The fraction of sp³-hybridized carbons (Fsp3) is 0.176. The molecule has 2 aromatic rings. The Kier molecular flexibility index (Phi) is 6.69. The topological polar surface area (TPSA) is 81.4 Å². The summed E-state index contributed by atoms with van der Waals surface area (Å²) < 4.78 is 6.28. The maximum Gasteiger partial charge on any atom is 0.248 e. The normalized spacial score (nSPS) is 10.2. The molecule has 7 heteroatoms. The van der Waals surface area contributed by atoms with Gasteiger partial charge in [-0.3, -0.25) is 9.59 Å². The van der Waals surface area contributed by atoms with Crippen molar-refractivity contribution in [3.8, 4) is 5.75 Å². The highest BCUT2D eigenvalue weighted by atomic mass is 79.9. The summed E-state index contributed by atoms with van der Waals surface area (Å²) in [4.78, 5) is 23.0. The average Bonchev–Trinajstić information content (AvgIpc) is 2.55. The van der Waals surface area contributed by atoms with Crippen LogP contribution >= 0.6 is 27.7 Å². The molecule has 2 rings (SSSR count). The number of benzene rings is 2. The zero-order chi connectivity index (χ0) is 17.5. The minimum Gasteiger partial charge on any atom is -0.496 e. The van der Waals surface area contributed by atoms with Crippen LogP contribution in [0.15, 0.2) is 46.9 Å². The zero-order valence-electron chi connectivity index (χ0n) is 13.0. The van der Waals surface area contributed by atoms with E-state index in [0.717, 1.165) is 15.8 Å². The number of rotatable bonds is 7. The molecule has 0 saturated heterocycles. The quantitative estimate of drug-likeness (QED) is 0.734. The predicted octanol–water partition coefficient (Wildman–Crippen LogP) is 3.43. The summed E-state index contributed by atoms with van der Waals surface area (Å²) in [7, 11) is 1.62. The summed E-state index contributed by atoms with van der Waals surface area (Å²) in [5.74, 6) is 1.17. The molecule has 0 aliphatic rings. The molecule has 0 aromatic heterocycles. The van der Waals surface area contributed by atoms with E-state index in [1.54, 1.807) is 31.4 Å². The van der Waals surface area contributed by atoms with E-state index < -0.39 is 5.91 Å². The molecule has 0 atom stereocenters. The molecule has 0 radical (unpaired) electrons. The Bertz CT molecular complexity index is 735. The highest BCUT2D eigenvalue weighted by molar-refractivity contribution is 9.10. The Morgan fingerprint density at radius 3 is 2.54 bits per heavy atom. The molecule has 2 aromatic carbocycles. The molecule has 0 aliphatic carbocycles. The van der Waals surface area contributed by atoms with Gasteiger partial charge in [-0.15, -0.1) is 11.8 Å². The molecular formula is C17H17BrN2O3S. The molecule has 0 saturated carbocycles. The number of hydrogen-bond donors (Lipinski definition) is 2. The van der Waals surface area contributed by atoms with Crippen LogP contribution in [0.1, 0.15) is 15.9 Å². The second-order valence-corrected chi connectivity index (χ2v) is 6.84. The van der Waals surface area contributed by atoms with E-state index in [2.05, 4.69) is 21.2 Å². The molecule has 0 spiro atoms. The first-order valence-electron chi connectivity index (χ1n) is 7.09. The molecule has 2 amide bonds. The van der Waals surface area contributed by atoms with Crippen molar-refractivity contribution >= 4 is 45.2 Å². The minimum absolute atomic E-state index is 0.110. The number of nitrogens with two attached hydrogens (primary N) is 1. The molecule has 24 heavy (non-hydrogen) atoms. The summed E-state index contributed by atoms with van der Waals surface area (Å²) in [5.41, 5.74) is 7.24. The monoisotopic (exact) mass is 408 g/mol. The van der Waals surface area contributed by atoms with Crippen LogP contribution < -0.4 is 15.8 Å². The van der Waals surface area contributed by atoms with Crippen molar-refractivity contribution < 1.29 is 14.3 Å². The average molecular weight is 409 g/mol. The van der Waals surface area contributed by atoms with Crippen molar-refractivity contribution in [2.45, 2.75) is 5.75 Å². The highest BCUT2D eigenvalue weighted by Crippen LogP contribution is 2.26. The number of anilines is 1. The van der Waals surface area contributed by atoms with Crippen molar-refractivity contribution in [1.29, 1.82) is 0 Å². The lowest BCUT2D eigenvalue weighted by molar-refractivity contribution is -0.113. The number of primary amides is 1. The van der Waals surface area contributed by atoms with Gasteiger partial charge in [0.15, 0.2) is 0 Å². The van der Waals surface area contributed by atoms with Crippen molar-refractivity contribution in [1.82, 2.24) is 0 Å². The van der Waals surface area contributed by atoms with Crippen LogP contribution in [0, 0.1) is 0 Å². The molecule has 0 unspecified atom stereocenters. The van der Waals surface area contributed by atoms with Gasteiger partial charge in [-0.25, -0.2) is 0 Å². The number of ether oxygens (including phenoxy) is 1. The van der Waals surface area contributed by atoms with E-state index in [0.29, 0.717) is 22.8 Å². The fourth-order valence-corrected chi connectivity index (χ4v) is 3.24. The smallest absolute Gasteiger partial charge is 0.248 e. The molecule has 0 bridgehead atoms. The molecule has 0 heterocycles. The molecule has 0 fully saturated rings. The molecule has 126 valence electrons. The van der Waals surface area contributed by atoms with Crippen LogP contribution in [-0.4, -0.2) is 24.7 Å². The molecule has 5 nitrogen and oxygen atoms in total. The van der Waals surface area contributed by atoms with Gasteiger partial charge >= 0.3 is 0 Å². The number of methoxy groups -OCH3 is 1. The summed E-state index contributed by atoms with van der Waals surface area (Å²) in [5, 5.41) is 2.78. The van der Waals surface area contributed by atoms with Crippen LogP contribution in [0.5, 0.6) is 5.75 Å². The van der Waals surface area contributed by atoms with Gasteiger partial charge in [0.1, 0.15) is 5.75 Å². The van der Waals surface area contributed by atoms with Gasteiger partial charge in [-0.2, -0.15) is 0 Å². The number of amides is 2. The minimum atomic E-state index is -0.494. The van der Waals surface area contributed by atoms with Gasteiger partial charge in [0.2, 0.25) is 11.8 Å². The Balaban J connectivity index is 1.85. The molecule has 0 aliphatic heterocycles. The lowest BCUT2D eigenvalue weighted by atomic mass is 10.2. The Hall–Kier alpha value is -1.99. The number of nitrogens with one attached hydrogen (secondary N) is 1. The third kappa shape index (κ3) is 5.28. The van der Waals surface area contributed by atoms with E-state index in [9.17, 15) is 9.59 Å². The van der Waals surface area contributed by atoms with E-state index >= 15 is 0 Å². The van der Waals surface area contributed by atoms with Gasteiger partial charge in [-0.1, -0.05) is 15.9 Å². The Morgan fingerprint density at radius 1 is 1.21 bits per heavy atom. The molecule has 3 N–H and O–H groups in total. The lowest BCUT2D eigenvalue weighted by Gasteiger charge is -2.09. The van der Waals surface area contributed by atoms with Crippen molar-refractivity contribution in [2.24, 2.45) is 5.73 Å².